The lowest BCUT2D eigenvalue weighted by Crippen LogP contribution is -2.34. The maximum atomic E-state index is 15.1. The van der Waals surface area contributed by atoms with Gasteiger partial charge in [0.15, 0.2) is 24.4 Å². The first-order valence-electron chi connectivity index (χ1n) is 30.0. The molecular formula is C62H82O20. The van der Waals surface area contributed by atoms with Crippen LogP contribution in [0.3, 0.4) is 0 Å². The Morgan fingerprint density at radius 1 is 0.341 bits per heavy atom. The summed E-state index contributed by atoms with van der Waals surface area (Å²) in [7, 11) is 0. The number of hydrogen-bond acceptors (Lipinski definition) is 20. The van der Waals surface area contributed by atoms with Gasteiger partial charge in [0.2, 0.25) is 23.1 Å². The van der Waals surface area contributed by atoms with Gasteiger partial charge in [-0.25, -0.2) is 38.5 Å². The van der Waals surface area contributed by atoms with Crippen LogP contribution in [0.1, 0.15) is 270 Å². The van der Waals surface area contributed by atoms with Gasteiger partial charge in [0.05, 0.1) is 11.1 Å². The van der Waals surface area contributed by atoms with Crippen molar-refractivity contribution in [2.45, 2.75) is 256 Å². The molecule has 4 atom stereocenters. The highest BCUT2D eigenvalue weighted by Gasteiger charge is 2.41. The fourth-order valence-corrected chi connectivity index (χ4v) is 9.08. The van der Waals surface area contributed by atoms with Gasteiger partial charge in [-0.15, -0.1) is 0 Å². The van der Waals surface area contributed by atoms with Gasteiger partial charge in [-0.05, 0) is 115 Å². The van der Waals surface area contributed by atoms with E-state index in [1.54, 1.807) is 0 Å². The fourth-order valence-electron chi connectivity index (χ4n) is 9.08. The number of Topliss-reactive ketones (excluding diaryl/α,β-unsaturated/α-hetero) is 4. The van der Waals surface area contributed by atoms with E-state index in [4.69, 9.17) is 47.7 Å². The number of unbranched alkanes of at least 4 members (excludes halogenated alkanes) is 12. The first-order valence-corrected chi connectivity index (χ1v) is 30.0. The third-order valence-corrected chi connectivity index (χ3v) is 14.3. The van der Waals surface area contributed by atoms with Gasteiger partial charge in [-0.2, -0.15) is 0 Å². The van der Waals surface area contributed by atoms with Crippen LogP contribution in [0, 0.1) is 0 Å². The van der Waals surface area contributed by atoms with Crippen molar-refractivity contribution in [2.75, 3.05) is 0 Å². The predicted octanol–water partition coefficient (Wildman–Crippen LogP) is 14.0. The summed E-state index contributed by atoms with van der Waals surface area (Å²) in [5.41, 5.74) is -3.24. The lowest BCUT2D eigenvalue weighted by atomic mass is 9.88. The average molecular weight is 1150 g/mol. The zero-order valence-corrected chi connectivity index (χ0v) is 48.0. The van der Waals surface area contributed by atoms with Crippen molar-refractivity contribution in [3.63, 3.8) is 0 Å². The number of benzene rings is 2. The molecule has 20 heteroatoms. The normalized spacial score (nSPS) is 16.0. The standard InChI is InChI=1S/C62H82O20/c1-5-9-13-17-27-47(77-59(69)73-39-31-32-39)53(63)43-23-21-25-45(51(43)55(65)49(29-19-15-11-7-3)79-61(71)75-41-35-36-41)57(67)81-82-58(68)46-26-22-24-44(54(64)48(28-18-14-10-6-2)78-60(70)74-40-33-34-40)52(46)56(66)50(30-20-16-12-8-4)80-62(72)76-42-37-38-42/h21-26,39-42,47-50H,5-20,27-38H2,1-4H3. The van der Waals surface area contributed by atoms with Crippen LogP contribution in [0.5, 0.6) is 0 Å². The molecule has 0 saturated heterocycles. The highest BCUT2D eigenvalue weighted by Crippen LogP contribution is 2.32. The molecule has 4 aliphatic carbocycles. The zero-order chi connectivity index (χ0) is 59.0. The Bertz CT molecular complexity index is 2350. The molecule has 0 aliphatic heterocycles. The predicted molar refractivity (Wildman–Crippen MR) is 294 cm³/mol. The second-order valence-electron chi connectivity index (χ2n) is 21.7. The van der Waals surface area contributed by atoms with E-state index in [1.165, 1.54) is 24.3 Å². The molecule has 20 nitrogen and oxygen atoms in total. The molecule has 4 saturated carbocycles. The summed E-state index contributed by atoms with van der Waals surface area (Å²) < 4.78 is 43.9. The topological polar surface area (TPSA) is 263 Å². The van der Waals surface area contributed by atoms with Gasteiger partial charge in [-0.1, -0.05) is 129 Å². The minimum Gasteiger partial charge on any atom is -0.431 e. The summed E-state index contributed by atoms with van der Waals surface area (Å²) in [5, 5.41) is 0. The second kappa shape index (κ2) is 33.3. The van der Waals surface area contributed by atoms with Crippen LogP contribution in [0.15, 0.2) is 36.4 Å². The molecular weight excluding hydrogens is 1060 g/mol. The van der Waals surface area contributed by atoms with Crippen molar-refractivity contribution >= 4 is 59.7 Å². The Hall–Kier alpha value is -6.86. The van der Waals surface area contributed by atoms with E-state index < -0.39 is 130 Å². The third-order valence-electron chi connectivity index (χ3n) is 14.3. The molecule has 4 unspecified atom stereocenters. The highest BCUT2D eigenvalue weighted by molar-refractivity contribution is 6.18. The summed E-state index contributed by atoms with van der Waals surface area (Å²) in [4.78, 5) is 152. The summed E-state index contributed by atoms with van der Waals surface area (Å²) in [6.07, 6.45) is 3.53. The van der Waals surface area contributed by atoms with E-state index >= 15 is 9.59 Å². The van der Waals surface area contributed by atoms with Crippen molar-refractivity contribution in [2.24, 2.45) is 0 Å². The van der Waals surface area contributed by atoms with Crippen LogP contribution >= 0.6 is 0 Å². The largest absolute Gasteiger partial charge is 0.509 e. The van der Waals surface area contributed by atoms with E-state index in [1.807, 2.05) is 27.7 Å². The van der Waals surface area contributed by atoms with E-state index in [0.29, 0.717) is 103 Å². The molecule has 0 amide bonds. The molecule has 450 valence electrons. The molecule has 4 fully saturated rings. The quantitative estimate of drug-likeness (QED) is 0.0151. The van der Waals surface area contributed by atoms with Crippen LogP contribution in [0.25, 0.3) is 0 Å². The molecule has 82 heavy (non-hydrogen) atoms. The number of rotatable bonds is 38. The van der Waals surface area contributed by atoms with Gasteiger partial charge < -0.3 is 37.9 Å². The molecule has 0 bridgehead atoms. The van der Waals surface area contributed by atoms with Crippen molar-refractivity contribution in [3.05, 3.63) is 69.8 Å². The maximum Gasteiger partial charge on any atom is 0.509 e. The molecule has 0 spiro atoms. The van der Waals surface area contributed by atoms with Crippen LogP contribution in [0.2, 0.25) is 0 Å². The van der Waals surface area contributed by atoms with Gasteiger partial charge >= 0.3 is 36.6 Å². The first-order chi connectivity index (χ1) is 39.6. The molecule has 0 aromatic heterocycles. The molecule has 2 aromatic rings. The van der Waals surface area contributed by atoms with E-state index in [2.05, 4.69) is 0 Å². The number of hydrogen-bond donors (Lipinski definition) is 0. The minimum absolute atomic E-state index is 0.0222. The number of carbonyl (C=O) groups excluding carboxylic acids is 10. The molecule has 4 aliphatic rings. The van der Waals surface area contributed by atoms with Gasteiger partial charge in [0, 0.05) is 22.3 Å². The van der Waals surface area contributed by atoms with Crippen molar-refractivity contribution in [3.8, 4) is 0 Å². The van der Waals surface area contributed by atoms with Crippen LogP contribution in [-0.4, -0.2) is 109 Å². The van der Waals surface area contributed by atoms with E-state index in [0.717, 1.165) is 63.5 Å². The van der Waals surface area contributed by atoms with Crippen LogP contribution in [-0.2, 0) is 47.7 Å². The summed E-state index contributed by atoms with van der Waals surface area (Å²) in [6.45, 7) is 7.98. The number of carbonyl (C=O) groups is 10. The Kier molecular flexibility index (Phi) is 26.1. The van der Waals surface area contributed by atoms with Crippen LogP contribution < -0.4 is 0 Å². The monoisotopic (exact) mass is 1150 g/mol. The summed E-state index contributed by atoms with van der Waals surface area (Å²) in [6, 6.07) is 7.27. The van der Waals surface area contributed by atoms with Gasteiger partial charge in [0.25, 0.3) is 0 Å². The summed E-state index contributed by atoms with van der Waals surface area (Å²) in [5.74, 6) is -6.77. The molecule has 6 rings (SSSR count). The molecule has 2 aromatic carbocycles. The smallest absolute Gasteiger partial charge is 0.431 e. The second-order valence-corrected chi connectivity index (χ2v) is 21.7. The summed E-state index contributed by atoms with van der Waals surface area (Å²) >= 11 is 0. The number of ether oxygens (including phenoxy) is 8. The van der Waals surface area contributed by atoms with Crippen molar-refractivity contribution in [1.29, 1.82) is 0 Å². The zero-order valence-electron chi connectivity index (χ0n) is 48.0. The molecule has 0 heterocycles. The molecule has 0 N–H and O–H groups in total. The number of ketones is 4. The van der Waals surface area contributed by atoms with Crippen LogP contribution in [0.4, 0.5) is 19.2 Å². The molecule has 0 radical (unpaired) electrons. The lowest BCUT2D eigenvalue weighted by molar-refractivity contribution is -0.187. The van der Waals surface area contributed by atoms with E-state index in [-0.39, 0.29) is 37.9 Å². The fraction of sp³-hybridized carbons (Fsp3) is 0.645. The van der Waals surface area contributed by atoms with Crippen molar-refractivity contribution in [1.82, 2.24) is 0 Å². The Morgan fingerprint density at radius 2 is 0.585 bits per heavy atom. The minimum atomic E-state index is -1.60. The van der Waals surface area contributed by atoms with Gasteiger partial charge in [0.1, 0.15) is 24.4 Å². The van der Waals surface area contributed by atoms with E-state index in [9.17, 15) is 38.4 Å². The Balaban J connectivity index is 1.39. The average Bonchev–Trinajstić information content (AvgIpc) is 3.89. The van der Waals surface area contributed by atoms with Crippen molar-refractivity contribution < 1.29 is 95.6 Å². The maximum absolute atomic E-state index is 15.1. The third kappa shape index (κ3) is 21.2. The highest BCUT2D eigenvalue weighted by atomic mass is 17.2. The Labute approximate surface area is 479 Å². The first kappa shape index (κ1) is 64.3. The Morgan fingerprint density at radius 3 is 0.829 bits per heavy atom. The lowest BCUT2D eigenvalue weighted by Gasteiger charge is -2.22. The van der Waals surface area contributed by atoms with Gasteiger partial charge in [-0.3, -0.25) is 19.2 Å². The SMILES string of the molecule is CCCCCCC(OC(=O)OC1CC1)C(=O)c1cccc(C(=O)OOC(=O)c2cccc(C(=O)C(CCCCCC)OC(=O)OC3CC3)c2C(=O)C(CCCCCC)OC(=O)OC2CC2)c1C(=O)C(CCCCCC)OC(=O)OC1CC1.